The number of hydrogen-bond donors (Lipinski definition) is 0. The molecule has 0 N–H and O–H groups in total. The van der Waals surface area contributed by atoms with Crippen LogP contribution in [0.15, 0.2) is 48.5 Å². The topological polar surface area (TPSA) is 36.3 Å². The largest absolute Gasteiger partial charge is 0.486 e. The van der Waals surface area contributed by atoms with E-state index < -0.39 is 0 Å². The number of imidazole rings is 1. The molecule has 0 bridgehead atoms. The number of nitrogens with zero attached hydrogens (tertiary/aromatic N) is 2. The minimum absolute atomic E-state index is 0.418. The molecule has 2 aromatic carbocycles. The summed E-state index contributed by atoms with van der Waals surface area (Å²) < 4.78 is 13.6. The highest BCUT2D eigenvalue weighted by Crippen LogP contribution is 2.19. The van der Waals surface area contributed by atoms with Gasteiger partial charge in [0.1, 0.15) is 18.2 Å². The SMILES string of the molecule is CCOCCn1c(COc2ccc(CCl)cc2)nc2ccccc21. The maximum Gasteiger partial charge on any atom is 0.148 e. The Morgan fingerprint density at radius 3 is 2.62 bits per heavy atom. The van der Waals surface area contributed by atoms with Crippen LogP contribution in [0, 0.1) is 0 Å². The Morgan fingerprint density at radius 1 is 1.08 bits per heavy atom. The van der Waals surface area contributed by atoms with E-state index in [0.717, 1.165) is 34.7 Å². The molecule has 126 valence electrons. The van der Waals surface area contributed by atoms with Crippen molar-refractivity contribution in [2.24, 2.45) is 0 Å². The lowest BCUT2D eigenvalue weighted by atomic mass is 10.2. The normalized spacial score (nSPS) is 11.1. The quantitative estimate of drug-likeness (QED) is 0.449. The fourth-order valence-corrected chi connectivity index (χ4v) is 2.79. The van der Waals surface area contributed by atoms with Gasteiger partial charge >= 0.3 is 0 Å². The van der Waals surface area contributed by atoms with Crippen molar-refractivity contribution in [2.75, 3.05) is 13.2 Å². The van der Waals surface area contributed by atoms with Gasteiger partial charge in [-0.2, -0.15) is 0 Å². The van der Waals surface area contributed by atoms with E-state index in [1.165, 1.54) is 0 Å². The van der Waals surface area contributed by atoms with Crippen molar-refractivity contribution in [3.05, 3.63) is 59.9 Å². The number of aromatic nitrogens is 2. The Balaban J connectivity index is 1.77. The number of benzene rings is 2. The van der Waals surface area contributed by atoms with Gasteiger partial charge in [-0.1, -0.05) is 24.3 Å². The Labute approximate surface area is 147 Å². The zero-order valence-electron chi connectivity index (χ0n) is 13.7. The van der Waals surface area contributed by atoms with Crippen molar-refractivity contribution >= 4 is 22.6 Å². The molecule has 5 heteroatoms. The molecule has 0 saturated heterocycles. The molecule has 0 aliphatic heterocycles. The minimum atomic E-state index is 0.418. The Hall–Kier alpha value is -2.04. The Morgan fingerprint density at radius 2 is 1.88 bits per heavy atom. The average molecular weight is 345 g/mol. The highest BCUT2D eigenvalue weighted by molar-refractivity contribution is 6.17. The van der Waals surface area contributed by atoms with E-state index in [-0.39, 0.29) is 0 Å². The van der Waals surface area contributed by atoms with Crippen LogP contribution in [0.2, 0.25) is 0 Å². The summed E-state index contributed by atoms with van der Waals surface area (Å²) in [6, 6.07) is 15.9. The van der Waals surface area contributed by atoms with Gasteiger partial charge in [0.15, 0.2) is 0 Å². The summed E-state index contributed by atoms with van der Waals surface area (Å²) in [4.78, 5) is 4.70. The number of fused-ring (bicyclic) bond motifs is 1. The third-order valence-corrected chi connectivity index (χ3v) is 4.15. The lowest BCUT2D eigenvalue weighted by Gasteiger charge is -2.11. The smallest absolute Gasteiger partial charge is 0.148 e. The molecule has 0 aliphatic carbocycles. The van der Waals surface area contributed by atoms with Crippen molar-refractivity contribution in [2.45, 2.75) is 26.0 Å². The zero-order chi connectivity index (χ0) is 16.8. The summed E-state index contributed by atoms with van der Waals surface area (Å²) in [5.74, 6) is 2.22. The van der Waals surface area contributed by atoms with Gasteiger partial charge in [0.05, 0.1) is 17.6 Å². The number of halogens is 1. The van der Waals surface area contributed by atoms with Crippen LogP contribution < -0.4 is 4.74 Å². The van der Waals surface area contributed by atoms with Crippen molar-refractivity contribution in [3.8, 4) is 5.75 Å². The molecule has 0 spiro atoms. The fraction of sp³-hybridized carbons (Fsp3) is 0.316. The lowest BCUT2D eigenvalue weighted by Crippen LogP contribution is -2.11. The first-order valence-corrected chi connectivity index (χ1v) is 8.65. The number of rotatable bonds is 8. The first-order valence-electron chi connectivity index (χ1n) is 8.11. The van der Waals surface area contributed by atoms with E-state index in [9.17, 15) is 0 Å². The van der Waals surface area contributed by atoms with Gasteiger partial charge in [0.2, 0.25) is 0 Å². The van der Waals surface area contributed by atoms with E-state index >= 15 is 0 Å². The molecule has 4 nitrogen and oxygen atoms in total. The fourth-order valence-electron chi connectivity index (χ4n) is 2.61. The third kappa shape index (κ3) is 3.89. The molecule has 0 saturated carbocycles. The molecule has 0 aliphatic rings. The van der Waals surface area contributed by atoms with Crippen molar-refractivity contribution in [1.29, 1.82) is 0 Å². The number of para-hydroxylation sites is 2. The molecule has 3 aromatic rings. The molecule has 0 atom stereocenters. The van der Waals surface area contributed by atoms with E-state index in [1.807, 2.05) is 49.4 Å². The molecule has 24 heavy (non-hydrogen) atoms. The summed E-state index contributed by atoms with van der Waals surface area (Å²) >= 11 is 5.81. The van der Waals surface area contributed by atoms with E-state index in [2.05, 4.69) is 10.6 Å². The summed E-state index contributed by atoms with van der Waals surface area (Å²) in [6.45, 7) is 4.56. The minimum Gasteiger partial charge on any atom is -0.486 e. The van der Waals surface area contributed by atoms with Gasteiger partial charge in [-0.3, -0.25) is 0 Å². The van der Waals surface area contributed by atoms with E-state index in [0.29, 0.717) is 25.7 Å². The van der Waals surface area contributed by atoms with Gasteiger partial charge in [0.25, 0.3) is 0 Å². The van der Waals surface area contributed by atoms with Crippen molar-refractivity contribution in [1.82, 2.24) is 9.55 Å². The first kappa shape index (κ1) is 16.8. The van der Waals surface area contributed by atoms with E-state index in [4.69, 9.17) is 26.1 Å². The van der Waals surface area contributed by atoms with Crippen LogP contribution in [0.5, 0.6) is 5.75 Å². The van der Waals surface area contributed by atoms with Crippen LogP contribution in [0.1, 0.15) is 18.3 Å². The van der Waals surface area contributed by atoms with E-state index in [1.54, 1.807) is 0 Å². The molecule has 1 heterocycles. The monoisotopic (exact) mass is 344 g/mol. The second kappa shape index (κ2) is 8.18. The van der Waals surface area contributed by atoms with Crippen LogP contribution in [-0.2, 0) is 23.8 Å². The highest BCUT2D eigenvalue weighted by atomic mass is 35.5. The predicted molar refractivity (Wildman–Crippen MR) is 96.6 cm³/mol. The molecule has 3 rings (SSSR count). The van der Waals surface area contributed by atoms with Gasteiger partial charge in [-0.15, -0.1) is 11.6 Å². The second-order valence-electron chi connectivity index (χ2n) is 5.43. The Bertz CT molecular complexity index is 784. The highest BCUT2D eigenvalue weighted by Gasteiger charge is 2.11. The molecular formula is C19H21ClN2O2. The Kier molecular flexibility index (Phi) is 5.72. The lowest BCUT2D eigenvalue weighted by molar-refractivity contribution is 0.138. The molecule has 0 unspecified atom stereocenters. The molecule has 0 fully saturated rings. The van der Waals surface area contributed by atoms with Crippen molar-refractivity contribution < 1.29 is 9.47 Å². The molecule has 1 aromatic heterocycles. The number of hydrogen-bond acceptors (Lipinski definition) is 3. The summed E-state index contributed by atoms with van der Waals surface area (Å²) in [6.07, 6.45) is 0. The van der Waals surface area contributed by atoms with Gasteiger partial charge in [-0.05, 0) is 36.8 Å². The second-order valence-corrected chi connectivity index (χ2v) is 5.70. The maximum absolute atomic E-state index is 5.90. The van der Waals surface area contributed by atoms with Crippen LogP contribution >= 0.6 is 11.6 Å². The summed E-state index contributed by atoms with van der Waals surface area (Å²) in [5, 5.41) is 0. The standard InChI is InChI=1S/C19H21ClN2O2/c1-2-23-12-11-22-18-6-4-3-5-17(18)21-19(22)14-24-16-9-7-15(13-20)8-10-16/h3-10H,2,11-14H2,1H3. The van der Waals surface area contributed by atoms with Gasteiger partial charge in [0, 0.05) is 19.0 Å². The van der Waals surface area contributed by atoms with Crippen LogP contribution in [-0.4, -0.2) is 22.8 Å². The van der Waals surface area contributed by atoms with Crippen LogP contribution in [0.4, 0.5) is 0 Å². The number of ether oxygens (including phenoxy) is 2. The predicted octanol–water partition coefficient (Wildman–Crippen LogP) is 4.39. The zero-order valence-corrected chi connectivity index (χ0v) is 14.5. The summed E-state index contributed by atoms with van der Waals surface area (Å²) in [7, 11) is 0. The maximum atomic E-state index is 5.90. The van der Waals surface area contributed by atoms with Gasteiger partial charge < -0.3 is 14.0 Å². The third-order valence-electron chi connectivity index (χ3n) is 3.84. The average Bonchev–Trinajstić information content (AvgIpc) is 2.98. The molecule has 0 radical (unpaired) electrons. The van der Waals surface area contributed by atoms with Crippen LogP contribution in [0.25, 0.3) is 11.0 Å². The molecule has 0 amide bonds. The van der Waals surface area contributed by atoms with Crippen LogP contribution in [0.3, 0.4) is 0 Å². The summed E-state index contributed by atoms with van der Waals surface area (Å²) in [5.41, 5.74) is 3.16. The first-order chi connectivity index (χ1) is 11.8. The van der Waals surface area contributed by atoms with Gasteiger partial charge in [-0.25, -0.2) is 4.98 Å². The molecular weight excluding hydrogens is 324 g/mol. The van der Waals surface area contributed by atoms with Crippen molar-refractivity contribution in [3.63, 3.8) is 0 Å². The number of alkyl halides is 1.